The van der Waals surface area contributed by atoms with E-state index in [1.807, 2.05) is 30.2 Å². The van der Waals surface area contributed by atoms with Gasteiger partial charge in [-0.25, -0.2) is 9.97 Å². The molecule has 3 rings (SSSR count). The fourth-order valence-corrected chi connectivity index (χ4v) is 3.91. The molecule has 1 fully saturated rings. The summed E-state index contributed by atoms with van der Waals surface area (Å²) in [5.74, 6) is 1.69. The van der Waals surface area contributed by atoms with Gasteiger partial charge in [0.1, 0.15) is 5.52 Å². The second-order valence-corrected chi connectivity index (χ2v) is 7.04. The molecular weight excluding hydrogens is 260 g/mol. The lowest BCUT2D eigenvalue weighted by atomic mass is 9.78. The van der Waals surface area contributed by atoms with Crippen LogP contribution in [0.5, 0.6) is 0 Å². The second kappa shape index (κ2) is 5.66. The van der Waals surface area contributed by atoms with E-state index in [1.54, 1.807) is 0 Å². The van der Waals surface area contributed by atoms with Gasteiger partial charge in [-0.1, -0.05) is 26.7 Å². The summed E-state index contributed by atoms with van der Waals surface area (Å²) in [5.41, 5.74) is 2.57. The Labute approximate surface area is 127 Å². The molecule has 0 spiro atoms. The average Bonchev–Trinajstić information content (AvgIpc) is 3.05. The van der Waals surface area contributed by atoms with Gasteiger partial charge in [-0.3, -0.25) is 0 Å². The zero-order valence-corrected chi connectivity index (χ0v) is 13.4. The fraction of sp³-hybridized carbons (Fsp3) is 0.647. The number of fused-ring (bicyclic) bond motifs is 1. The fourth-order valence-electron chi connectivity index (χ4n) is 3.91. The first-order chi connectivity index (χ1) is 10.1. The van der Waals surface area contributed by atoms with Crippen molar-refractivity contribution >= 4 is 16.9 Å². The molecule has 0 aromatic carbocycles. The van der Waals surface area contributed by atoms with Gasteiger partial charge in [-0.2, -0.15) is 0 Å². The van der Waals surface area contributed by atoms with Crippen molar-refractivity contribution in [1.29, 1.82) is 0 Å². The van der Waals surface area contributed by atoms with E-state index in [-0.39, 0.29) is 0 Å². The first kappa shape index (κ1) is 14.4. The SMILES string of the molecule is CC(C)CC1(CNc2nccc3c2ncn3C)CCCC1. The smallest absolute Gasteiger partial charge is 0.154 e. The molecule has 1 N–H and O–H groups in total. The Morgan fingerprint density at radius 2 is 2.05 bits per heavy atom. The number of nitrogens with one attached hydrogen (secondary N) is 1. The number of aryl methyl sites for hydroxylation is 1. The molecule has 2 aromatic rings. The number of anilines is 1. The van der Waals surface area contributed by atoms with Crippen molar-refractivity contribution in [2.24, 2.45) is 18.4 Å². The molecule has 0 radical (unpaired) electrons. The van der Waals surface area contributed by atoms with Crippen LogP contribution in [-0.4, -0.2) is 21.1 Å². The normalized spacial score (nSPS) is 17.7. The topological polar surface area (TPSA) is 42.7 Å². The summed E-state index contributed by atoms with van der Waals surface area (Å²) in [6.45, 7) is 5.68. The summed E-state index contributed by atoms with van der Waals surface area (Å²) in [4.78, 5) is 8.99. The quantitative estimate of drug-likeness (QED) is 0.904. The minimum atomic E-state index is 0.451. The molecule has 2 heterocycles. The van der Waals surface area contributed by atoms with Crippen LogP contribution in [-0.2, 0) is 7.05 Å². The van der Waals surface area contributed by atoms with E-state index in [9.17, 15) is 0 Å². The maximum atomic E-state index is 4.50. The molecule has 0 unspecified atom stereocenters. The third-order valence-electron chi connectivity index (χ3n) is 4.78. The molecule has 1 aliphatic carbocycles. The maximum absolute atomic E-state index is 4.50. The molecule has 0 bridgehead atoms. The molecule has 21 heavy (non-hydrogen) atoms. The minimum absolute atomic E-state index is 0.451. The summed E-state index contributed by atoms with van der Waals surface area (Å²) in [6.07, 6.45) is 10.5. The number of hydrogen-bond acceptors (Lipinski definition) is 3. The summed E-state index contributed by atoms with van der Waals surface area (Å²) in [5, 5.41) is 3.60. The van der Waals surface area contributed by atoms with Crippen molar-refractivity contribution in [3.05, 3.63) is 18.6 Å². The lowest BCUT2D eigenvalue weighted by Crippen LogP contribution is -2.28. The largest absolute Gasteiger partial charge is 0.368 e. The molecule has 0 atom stereocenters. The van der Waals surface area contributed by atoms with Crippen LogP contribution in [0.4, 0.5) is 5.82 Å². The molecule has 0 aliphatic heterocycles. The van der Waals surface area contributed by atoms with Crippen LogP contribution in [0.2, 0.25) is 0 Å². The number of hydrogen-bond donors (Lipinski definition) is 1. The Morgan fingerprint density at radius 3 is 2.76 bits per heavy atom. The van der Waals surface area contributed by atoms with Gasteiger partial charge >= 0.3 is 0 Å². The Kier molecular flexibility index (Phi) is 3.87. The molecule has 1 saturated carbocycles. The van der Waals surface area contributed by atoms with Gasteiger partial charge in [0.2, 0.25) is 0 Å². The van der Waals surface area contributed by atoms with Crippen molar-refractivity contribution in [2.45, 2.75) is 46.0 Å². The molecule has 1 aliphatic rings. The second-order valence-electron chi connectivity index (χ2n) is 7.04. The zero-order valence-electron chi connectivity index (χ0n) is 13.4. The average molecular weight is 286 g/mol. The van der Waals surface area contributed by atoms with E-state index in [4.69, 9.17) is 0 Å². The maximum Gasteiger partial charge on any atom is 0.154 e. The summed E-state index contributed by atoms with van der Waals surface area (Å²) >= 11 is 0. The van der Waals surface area contributed by atoms with Gasteiger partial charge in [-0.15, -0.1) is 0 Å². The van der Waals surface area contributed by atoms with Gasteiger partial charge in [0, 0.05) is 19.8 Å². The first-order valence-corrected chi connectivity index (χ1v) is 8.10. The van der Waals surface area contributed by atoms with Gasteiger partial charge in [-0.05, 0) is 36.7 Å². The molecule has 0 saturated heterocycles. The molecule has 114 valence electrons. The Balaban J connectivity index is 1.79. The third kappa shape index (κ3) is 2.89. The van der Waals surface area contributed by atoms with Crippen molar-refractivity contribution in [3.63, 3.8) is 0 Å². The monoisotopic (exact) mass is 286 g/mol. The highest BCUT2D eigenvalue weighted by Crippen LogP contribution is 2.43. The lowest BCUT2D eigenvalue weighted by molar-refractivity contribution is 0.252. The molecule has 0 amide bonds. The highest BCUT2D eigenvalue weighted by molar-refractivity contribution is 5.85. The van der Waals surface area contributed by atoms with Crippen LogP contribution in [0.15, 0.2) is 18.6 Å². The molecule has 4 nitrogen and oxygen atoms in total. The van der Waals surface area contributed by atoms with Crippen LogP contribution >= 0.6 is 0 Å². The lowest BCUT2D eigenvalue weighted by Gasteiger charge is -2.31. The van der Waals surface area contributed by atoms with E-state index < -0.39 is 0 Å². The Morgan fingerprint density at radius 1 is 1.29 bits per heavy atom. The van der Waals surface area contributed by atoms with E-state index in [0.717, 1.165) is 29.3 Å². The van der Waals surface area contributed by atoms with Crippen LogP contribution in [0.3, 0.4) is 0 Å². The van der Waals surface area contributed by atoms with Crippen molar-refractivity contribution in [1.82, 2.24) is 14.5 Å². The number of imidazole rings is 1. The van der Waals surface area contributed by atoms with Crippen molar-refractivity contribution < 1.29 is 0 Å². The van der Waals surface area contributed by atoms with Gasteiger partial charge in [0.15, 0.2) is 5.82 Å². The number of aromatic nitrogens is 3. The van der Waals surface area contributed by atoms with E-state index in [2.05, 4.69) is 29.1 Å². The summed E-state index contributed by atoms with van der Waals surface area (Å²) in [6, 6.07) is 2.02. The number of nitrogens with zero attached hydrogens (tertiary/aromatic N) is 3. The molecule has 2 aromatic heterocycles. The van der Waals surface area contributed by atoms with Crippen LogP contribution in [0.25, 0.3) is 11.0 Å². The van der Waals surface area contributed by atoms with Crippen LogP contribution in [0.1, 0.15) is 46.0 Å². The van der Waals surface area contributed by atoms with Gasteiger partial charge < -0.3 is 9.88 Å². The number of rotatable bonds is 5. The van der Waals surface area contributed by atoms with E-state index in [1.165, 1.54) is 32.1 Å². The standard InChI is InChI=1S/C17H26N4/c1-13(2)10-17(7-4-5-8-17)11-19-16-15-14(6-9-18-16)21(3)12-20-15/h6,9,12-13H,4-5,7-8,10-11H2,1-3H3,(H,18,19). The molecule has 4 heteroatoms. The van der Waals surface area contributed by atoms with Crippen LogP contribution in [0, 0.1) is 11.3 Å². The van der Waals surface area contributed by atoms with E-state index >= 15 is 0 Å². The summed E-state index contributed by atoms with van der Waals surface area (Å²) in [7, 11) is 2.02. The Bertz CT molecular complexity index is 608. The van der Waals surface area contributed by atoms with Crippen molar-refractivity contribution in [2.75, 3.05) is 11.9 Å². The first-order valence-electron chi connectivity index (χ1n) is 8.10. The highest BCUT2D eigenvalue weighted by Gasteiger charge is 2.34. The molecular formula is C17H26N4. The number of pyridine rings is 1. The third-order valence-corrected chi connectivity index (χ3v) is 4.78. The van der Waals surface area contributed by atoms with Crippen LogP contribution < -0.4 is 5.32 Å². The Hall–Kier alpha value is -1.58. The minimum Gasteiger partial charge on any atom is -0.368 e. The predicted octanol–water partition coefficient (Wildman–Crippen LogP) is 3.99. The van der Waals surface area contributed by atoms with E-state index in [0.29, 0.717) is 5.41 Å². The zero-order chi connectivity index (χ0) is 14.9. The van der Waals surface area contributed by atoms with Gasteiger partial charge in [0.05, 0.1) is 11.8 Å². The van der Waals surface area contributed by atoms with Gasteiger partial charge in [0.25, 0.3) is 0 Å². The highest BCUT2D eigenvalue weighted by atomic mass is 15.1. The van der Waals surface area contributed by atoms with Crippen molar-refractivity contribution in [3.8, 4) is 0 Å². The predicted molar refractivity (Wildman–Crippen MR) is 87.4 cm³/mol. The summed E-state index contributed by atoms with van der Waals surface area (Å²) < 4.78 is 2.04.